The largest absolute Gasteiger partial charge is 0.458 e. The van der Waals surface area contributed by atoms with Gasteiger partial charge in [0.2, 0.25) is 0 Å². The maximum Gasteiger partial charge on any atom is 0.136 e. The second kappa shape index (κ2) is 4.99. The van der Waals surface area contributed by atoms with Gasteiger partial charge >= 0.3 is 0 Å². The Bertz CT molecular complexity index is 516. The van der Waals surface area contributed by atoms with Crippen molar-refractivity contribution in [3.8, 4) is 0 Å². The lowest BCUT2D eigenvalue weighted by Crippen LogP contribution is -2.39. The standard InChI is InChI=1S/C16H23NO2/c1-15(2,3)17-10-9-16(4,18)14-11-12-7-5-6-8-13(12)19-14/h5-8,11,17-18H,9-10H2,1-4H3. The first kappa shape index (κ1) is 14.1. The van der Waals surface area contributed by atoms with Crippen molar-refractivity contribution in [3.63, 3.8) is 0 Å². The number of para-hydroxylation sites is 1. The molecule has 2 rings (SSSR count). The summed E-state index contributed by atoms with van der Waals surface area (Å²) in [5, 5.41) is 15.0. The summed E-state index contributed by atoms with van der Waals surface area (Å²) < 4.78 is 5.74. The average molecular weight is 261 g/mol. The molecule has 0 aliphatic rings. The Morgan fingerprint density at radius 2 is 1.84 bits per heavy atom. The summed E-state index contributed by atoms with van der Waals surface area (Å²) in [5.41, 5.74) is -0.0668. The van der Waals surface area contributed by atoms with E-state index in [1.807, 2.05) is 30.3 Å². The van der Waals surface area contributed by atoms with Gasteiger partial charge in [0.1, 0.15) is 16.9 Å². The molecule has 2 aromatic rings. The predicted octanol–water partition coefficient (Wildman–Crippen LogP) is 3.42. The molecule has 2 N–H and O–H groups in total. The van der Waals surface area contributed by atoms with Crippen LogP contribution in [-0.4, -0.2) is 17.2 Å². The molecule has 0 saturated heterocycles. The minimum Gasteiger partial charge on any atom is -0.458 e. The molecule has 3 nitrogen and oxygen atoms in total. The smallest absolute Gasteiger partial charge is 0.136 e. The number of aliphatic hydroxyl groups is 1. The second-order valence-corrected chi connectivity index (χ2v) is 6.35. The van der Waals surface area contributed by atoms with Crippen LogP contribution in [0.25, 0.3) is 11.0 Å². The van der Waals surface area contributed by atoms with Gasteiger partial charge in [-0.25, -0.2) is 0 Å². The fourth-order valence-electron chi connectivity index (χ4n) is 2.05. The fraction of sp³-hybridized carbons (Fsp3) is 0.500. The fourth-order valence-corrected chi connectivity index (χ4v) is 2.05. The van der Waals surface area contributed by atoms with Crippen molar-refractivity contribution in [1.82, 2.24) is 5.32 Å². The molecule has 0 fully saturated rings. The van der Waals surface area contributed by atoms with E-state index in [1.54, 1.807) is 6.92 Å². The molecule has 3 heteroatoms. The van der Waals surface area contributed by atoms with Crippen LogP contribution in [0.5, 0.6) is 0 Å². The van der Waals surface area contributed by atoms with Gasteiger partial charge in [0.25, 0.3) is 0 Å². The normalized spacial score (nSPS) is 15.6. The molecule has 0 amide bonds. The average Bonchev–Trinajstić information content (AvgIpc) is 2.71. The first-order valence-electron chi connectivity index (χ1n) is 6.74. The molecule has 0 radical (unpaired) electrons. The van der Waals surface area contributed by atoms with Gasteiger partial charge in [-0.15, -0.1) is 0 Å². The molecule has 1 heterocycles. The highest BCUT2D eigenvalue weighted by Gasteiger charge is 2.27. The molecule has 1 unspecified atom stereocenters. The summed E-state index contributed by atoms with van der Waals surface area (Å²) >= 11 is 0. The summed E-state index contributed by atoms with van der Waals surface area (Å²) in [6.45, 7) is 8.89. The highest BCUT2D eigenvalue weighted by molar-refractivity contribution is 5.77. The maximum atomic E-state index is 10.5. The van der Waals surface area contributed by atoms with Crippen molar-refractivity contribution < 1.29 is 9.52 Å². The molecule has 19 heavy (non-hydrogen) atoms. The number of benzene rings is 1. The monoisotopic (exact) mass is 261 g/mol. The Hall–Kier alpha value is -1.32. The number of rotatable bonds is 4. The third kappa shape index (κ3) is 3.58. The van der Waals surface area contributed by atoms with E-state index in [4.69, 9.17) is 4.42 Å². The van der Waals surface area contributed by atoms with Gasteiger partial charge in [0.05, 0.1) is 0 Å². The van der Waals surface area contributed by atoms with E-state index in [-0.39, 0.29) is 5.54 Å². The first-order valence-corrected chi connectivity index (χ1v) is 6.74. The van der Waals surface area contributed by atoms with Gasteiger partial charge in [-0.2, -0.15) is 0 Å². The Morgan fingerprint density at radius 3 is 2.47 bits per heavy atom. The van der Waals surface area contributed by atoms with Crippen molar-refractivity contribution >= 4 is 11.0 Å². The zero-order valence-corrected chi connectivity index (χ0v) is 12.2. The lowest BCUT2D eigenvalue weighted by Gasteiger charge is -2.25. The zero-order valence-electron chi connectivity index (χ0n) is 12.2. The topological polar surface area (TPSA) is 45.4 Å². The van der Waals surface area contributed by atoms with Crippen LogP contribution in [0.2, 0.25) is 0 Å². The number of nitrogens with one attached hydrogen (secondary N) is 1. The minimum absolute atomic E-state index is 0.0595. The number of hydrogen-bond acceptors (Lipinski definition) is 3. The summed E-state index contributed by atoms with van der Waals surface area (Å²) in [6.07, 6.45) is 0.615. The van der Waals surface area contributed by atoms with Gasteiger partial charge in [0, 0.05) is 10.9 Å². The summed E-state index contributed by atoms with van der Waals surface area (Å²) in [6, 6.07) is 9.74. The van der Waals surface area contributed by atoms with Gasteiger partial charge in [0.15, 0.2) is 0 Å². The molecule has 0 saturated carbocycles. The second-order valence-electron chi connectivity index (χ2n) is 6.35. The van der Waals surface area contributed by atoms with Crippen molar-refractivity contribution in [3.05, 3.63) is 36.1 Å². The van der Waals surface area contributed by atoms with E-state index in [0.717, 1.165) is 17.5 Å². The molecular formula is C16H23NO2. The molecule has 104 valence electrons. The lowest BCUT2D eigenvalue weighted by atomic mass is 9.98. The highest BCUT2D eigenvalue weighted by Crippen LogP contribution is 2.30. The SMILES string of the molecule is CC(C)(C)NCCC(C)(O)c1cc2ccccc2o1. The van der Waals surface area contributed by atoms with Gasteiger partial charge in [-0.1, -0.05) is 18.2 Å². The van der Waals surface area contributed by atoms with E-state index < -0.39 is 5.60 Å². The Balaban J connectivity index is 2.10. The van der Waals surface area contributed by atoms with E-state index in [2.05, 4.69) is 26.1 Å². The molecule has 1 aromatic carbocycles. The molecule has 0 bridgehead atoms. The first-order chi connectivity index (χ1) is 8.78. The summed E-state index contributed by atoms with van der Waals surface area (Å²) in [5.74, 6) is 0.629. The van der Waals surface area contributed by atoms with Crippen LogP contribution in [0.3, 0.4) is 0 Å². The van der Waals surface area contributed by atoms with Gasteiger partial charge in [-0.05, 0) is 52.8 Å². The van der Waals surface area contributed by atoms with Gasteiger partial charge in [-0.3, -0.25) is 0 Å². The number of furan rings is 1. The molecular weight excluding hydrogens is 238 g/mol. The number of fused-ring (bicyclic) bond motifs is 1. The maximum absolute atomic E-state index is 10.5. The van der Waals surface area contributed by atoms with Crippen molar-refractivity contribution in [2.45, 2.75) is 45.3 Å². The van der Waals surface area contributed by atoms with Crippen LogP contribution in [0.4, 0.5) is 0 Å². The minimum atomic E-state index is -0.947. The van der Waals surface area contributed by atoms with Crippen LogP contribution in [0, 0.1) is 0 Å². The zero-order chi connectivity index (χ0) is 14.1. The van der Waals surface area contributed by atoms with E-state index in [0.29, 0.717) is 12.2 Å². The van der Waals surface area contributed by atoms with Crippen LogP contribution >= 0.6 is 0 Å². The quantitative estimate of drug-likeness (QED) is 0.886. The van der Waals surface area contributed by atoms with Crippen LogP contribution in [0.1, 0.15) is 39.9 Å². The molecule has 1 atom stereocenters. The summed E-state index contributed by atoms with van der Waals surface area (Å²) in [4.78, 5) is 0. The highest BCUT2D eigenvalue weighted by atomic mass is 16.4. The van der Waals surface area contributed by atoms with E-state index >= 15 is 0 Å². The van der Waals surface area contributed by atoms with Crippen molar-refractivity contribution in [2.75, 3.05) is 6.54 Å². The van der Waals surface area contributed by atoms with Gasteiger partial charge < -0.3 is 14.8 Å². The Morgan fingerprint density at radius 1 is 1.16 bits per heavy atom. The molecule has 0 aliphatic carbocycles. The van der Waals surface area contributed by atoms with E-state index in [9.17, 15) is 5.11 Å². The van der Waals surface area contributed by atoms with Crippen molar-refractivity contribution in [2.24, 2.45) is 0 Å². The van der Waals surface area contributed by atoms with Crippen LogP contribution < -0.4 is 5.32 Å². The predicted molar refractivity (Wildman–Crippen MR) is 78.2 cm³/mol. The Kier molecular flexibility index (Phi) is 3.70. The van der Waals surface area contributed by atoms with Crippen molar-refractivity contribution in [1.29, 1.82) is 0 Å². The Labute approximate surface area is 114 Å². The summed E-state index contributed by atoms with van der Waals surface area (Å²) in [7, 11) is 0. The number of hydrogen-bond donors (Lipinski definition) is 2. The molecule has 1 aromatic heterocycles. The van der Waals surface area contributed by atoms with Crippen LogP contribution in [-0.2, 0) is 5.60 Å². The molecule has 0 aliphatic heterocycles. The van der Waals surface area contributed by atoms with E-state index in [1.165, 1.54) is 0 Å². The third-order valence-electron chi connectivity index (χ3n) is 3.22. The molecule has 0 spiro atoms. The lowest BCUT2D eigenvalue weighted by molar-refractivity contribution is 0.0258. The van der Waals surface area contributed by atoms with Crippen LogP contribution in [0.15, 0.2) is 34.7 Å². The third-order valence-corrected chi connectivity index (χ3v) is 3.22.